The van der Waals surface area contributed by atoms with Gasteiger partial charge in [0, 0.05) is 41.8 Å². The minimum atomic E-state index is -0.193. The number of thiophene rings is 2. The van der Waals surface area contributed by atoms with Gasteiger partial charge in [-0.1, -0.05) is 103 Å². The van der Waals surface area contributed by atoms with Crippen LogP contribution in [0.5, 0.6) is 0 Å². The fourth-order valence-corrected chi connectivity index (χ4v) is 10.8. The summed E-state index contributed by atoms with van der Waals surface area (Å²) in [5, 5.41) is 0. The largest absolute Gasteiger partial charge is 0.249 e. The Labute approximate surface area is 349 Å². The Balaban J connectivity index is 1.20. The van der Waals surface area contributed by atoms with E-state index in [0.29, 0.717) is 23.0 Å². The number of nitrogens with zero attached hydrogens (tertiary/aromatic N) is 4. The maximum atomic E-state index is 15.8. The van der Waals surface area contributed by atoms with Crippen LogP contribution < -0.4 is 0 Å². The second-order valence-corrected chi connectivity index (χ2v) is 18.4. The molecule has 0 bridgehead atoms. The quantitative estimate of drug-likeness (QED) is 0.0865. The van der Waals surface area contributed by atoms with Crippen LogP contribution in [0.25, 0.3) is 63.8 Å². The van der Waals surface area contributed by atoms with Crippen LogP contribution in [0.1, 0.15) is 114 Å². The number of fused-ring (bicyclic) bond motifs is 2. The van der Waals surface area contributed by atoms with E-state index >= 15 is 8.78 Å². The van der Waals surface area contributed by atoms with Gasteiger partial charge in [0.2, 0.25) is 0 Å². The molecular formula is C48H54F2N4S3. The SMILES string of the molecule is CCCCC(CC)CCc1ccc(-c2ccc(-c3c4nsnc4c(-c4ccc(-c5ccc(CCC(CC)CCCC)cc5F)s4)c4nc(C)c(C)nc34)s2)c(F)c1. The Morgan fingerprint density at radius 3 is 1.33 bits per heavy atom. The molecule has 9 heteroatoms. The summed E-state index contributed by atoms with van der Waals surface area (Å²) in [5.74, 6) is 0.988. The van der Waals surface area contributed by atoms with E-state index in [1.54, 1.807) is 12.1 Å². The van der Waals surface area contributed by atoms with Crippen molar-refractivity contribution >= 4 is 56.5 Å². The van der Waals surface area contributed by atoms with Crippen molar-refractivity contribution < 1.29 is 8.78 Å². The molecule has 0 radical (unpaired) electrons. The van der Waals surface area contributed by atoms with Crippen LogP contribution in [-0.4, -0.2) is 18.7 Å². The summed E-state index contributed by atoms with van der Waals surface area (Å²) in [6.07, 6.45) is 13.7. The zero-order chi connectivity index (χ0) is 40.1. The Morgan fingerprint density at radius 2 is 0.947 bits per heavy atom. The van der Waals surface area contributed by atoms with Gasteiger partial charge in [0.1, 0.15) is 33.7 Å². The molecule has 0 saturated heterocycles. The standard InChI is InChI=1S/C48H54F2N4S3/c1-7-11-13-31(9-3)15-17-33-19-21-35(37(49)27-33)39-23-25-41(55-39)43-45-46(52-30(6)29(5)51-45)44(48-47(43)53-57-54-48)42-26-24-40(56-42)36-22-20-34(28-38(36)50)18-16-32(10-4)14-12-8-2/h19-28,31-32H,7-18H2,1-6H3. The van der Waals surface area contributed by atoms with Crippen molar-refractivity contribution in [2.75, 3.05) is 0 Å². The van der Waals surface area contributed by atoms with Crippen LogP contribution in [0.2, 0.25) is 0 Å². The molecule has 4 aromatic heterocycles. The van der Waals surface area contributed by atoms with Gasteiger partial charge < -0.3 is 0 Å². The molecule has 4 heterocycles. The maximum absolute atomic E-state index is 15.8. The Hall–Kier alpha value is -3.92. The molecule has 7 rings (SSSR count). The van der Waals surface area contributed by atoms with Gasteiger partial charge in [-0.15, -0.1) is 22.7 Å². The van der Waals surface area contributed by atoms with Gasteiger partial charge in [0.15, 0.2) is 0 Å². The summed E-state index contributed by atoms with van der Waals surface area (Å²) in [6, 6.07) is 19.6. The number of rotatable bonds is 18. The van der Waals surface area contributed by atoms with Gasteiger partial charge in [0.05, 0.1) is 23.1 Å². The second-order valence-electron chi connectivity index (χ2n) is 15.7. The summed E-state index contributed by atoms with van der Waals surface area (Å²) in [6.45, 7) is 12.9. The zero-order valence-corrected chi connectivity index (χ0v) is 36.6. The zero-order valence-electron chi connectivity index (χ0n) is 34.2. The first-order chi connectivity index (χ1) is 27.7. The Bertz CT molecular complexity index is 2290. The molecule has 0 aliphatic carbocycles. The predicted octanol–water partition coefficient (Wildman–Crippen LogP) is 15.6. The highest BCUT2D eigenvalue weighted by molar-refractivity contribution is 7.19. The number of halogens is 2. The van der Waals surface area contributed by atoms with Gasteiger partial charge in [-0.2, -0.15) is 8.75 Å². The van der Waals surface area contributed by atoms with Crippen molar-refractivity contribution in [3.8, 4) is 41.8 Å². The third kappa shape index (κ3) is 9.06. The highest BCUT2D eigenvalue weighted by Gasteiger charge is 2.25. The number of benzene rings is 3. The molecule has 4 nitrogen and oxygen atoms in total. The van der Waals surface area contributed by atoms with Crippen LogP contribution in [0.4, 0.5) is 8.78 Å². The van der Waals surface area contributed by atoms with Crippen molar-refractivity contribution in [3.63, 3.8) is 0 Å². The summed E-state index contributed by atoms with van der Waals surface area (Å²) >= 11 is 4.24. The van der Waals surface area contributed by atoms with Crippen molar-refractivity contribution in [3.05, 3.63) is 94.8 Å². The minimum absolute atomic E-state index is 0.193. The molecule has 7 aromatic rings. The molecule has 0 aliphatic heterocycles. The normalized spacial score (nSPS) is 12.9. The molecule has 0 saturated carbocycles. The molecule has 0 N–H and O–H groups in total. The first kappa shape index (κ1) is 41.2. The lowest BCUT2D eigenvalue weighted by molar-refractivity contribution is 0.421. The smallest absolute Gasteiger partial charge is 0.132 e. The molecule has 2 atom stereocenters. The van der Waals surface area contributed by atoms with Gasteiger partial charge in [-0.3, -0.25) is 0 Å². The van der Waals surface area contributed by atoms with Crippen molar-refractivity contribution in [1.29, 1.82) is 0 Å². The second kappa shape index (κ2) is 18.8. The average molecular weight is 821 g/mol. The number of hydrogen-bond acceptors (Lipinski definition) is 7. The van der Waals surface area contributed by atoms with E-state index in [-0.39, 0.29) is 11.6 Å². The van der Waals surface area contributed by atoms with E-state index in [9.17, 15) is 0 Å². The van der Waals surface area contributed by atoms with Gasteiger partial charge in [-0.25, -0.2) is 18.7 Å². The summed E-state index contributed by atoms with van der Waals surface area (Å²) in [7, 11) is 0. The van der Waals surface area contributed by atoms with Crippen LogP contribution in [-0.2, 0) is 12.8 Å². The van der Waals surface area contributed by atoms with E-state index in [0.717, 1.165) is 113 Å². The van der Waals surface area contributed by atoms with E-state index < -0.39 is 0 Å². The van der Waals surface area contributed by atoms with Crippen LogP contribution in [0.15, 0.2) is 60.7 Å². The Morgan fingerprint density at radius 1 is 0.526 bits per heavy atom. The van der Waals surface area contributed by atoms with Crippen LogP contribution in [0.3, 0.4) is 0 Å². The fraction of sp³-hybridized carbons (Fsp3) is 0.417. The fourth-order valence-electron chi connectivity index (χ4n) is 8.05. The first-order valence-corrected chi connectivity index (χ1v) is 23.3. The number of aromatic nitrogens is 4. The van der Waals surface area contributed by atoms with E-state index in [2.05, 4.69) is 39.8 Å². The lowest BCUT2D eigenvalue weighted by Crippen LogP contribution is -2.01. The monoisotopic (exact) mass is 820 g/mol. The number of unbranched alkanes of at least 4 members (excludes halogenated alkanes) is 2. The minimum Gasteiger partial charge on any atom is -0.249 e. The van der Waals surface area contributed by atoms with Gasteiger partial charge in [0.25, 0.3) is 0 Å². The third-order valence-electron chi connectivity index (χ3n) is 11.8. The van der Waals surface area contributed by atoms with Crippen LogP contribution in [0, 0.1) is 37.3 Å². The Kier molecular flexibility index (Phi) is 13.6. The molecule has 0 aliphatic rings. The third-order valence-corrected chi connectivity index (χ3v) is 14.6. The summed E-state index contributed by atoms with van der Waals surface area (Å²) in [4.78, 5) is 13.8. The average Bonchev–Trinajstić information content (AvgIpc) is 4.00. The highest BCUT2D eigenvalue weighted by Crippen LogP contribution is 2.47. The molecule has 0 spiro atoms. The van der Waals surface area contributed by atoms with E-state index in [1.165, 1.54) is 74.0 Å². The van der Waals surface area contributed by atoms with E-state index in [1.807, 2.05) is 50.2 Å². The lowest BCUT2D eigenvalue weighted by Gasteiger charge is -2.14. The molecule has 2 unspecified atom stereocenters. The van der Waals surface area contributed by atoms with Crippen LogP contribution >= 0.6 is 34.4 Å². The predicted molar refractivity (Wildman–Crippen MR) is 241 cm³/mol. The summed E-state index contributed by atoms with van der Waals surface area (Å²) < 4.78 is 41.2. The first-order valence-electron chi connectivity index (χ1n) is 20.9. The molecular weight excluding hydrogens is 767 g/mol. The lowest BCUT2D eigenvalue weighted by atomic mass is 9.92. The molecule has 298 valence electrons. The highest BCUT2D eigenvalue weighted by atomic mass is 32.1. The molecule has 3 aromatic carbocycles. The van der Waals surface area contributed by atoms with Gasteiger partial charge >= 0.3 is 0 Å². The number of hydrogen-bond donors (Lipinski definition) is 0. The van der Waals surface area contributed by atoms with E-state index in [4.69, 9.17) is 18.7 Å². The molecule has 0 fully saturated rings. The topological polar surface area (TPSA) is 51.6 Å². The number of aryl methyl sites for hydroxylation is 4. The molecule has 57 heavy (non-hydrogen) atoms. The van der Waals surface area contributed by atoms with Gasteiger partial charge in [-0.05, 0) is 98.9 Å². The summed E-state index contributed by atoms with van der Waals surface area (Å²) in [5.41, 5.74) is 9.65. The van der Waals surface area contributed by atoms with Crippen molar-refractivity contribution in [2.45, 2.75) is 119 Å². The molecule has 0 amide bonds. The maximum Gasteiger partial charge on any atom is 0.132 e. The van der Waals surface area contributed by atoms with Crippen molar-refractivity contribution in [1.82, 2.24) is 18.7 Å². The van der Waals surface area contributed by atoms with Crippen molar-refractivity contribution in [2.24, 2.45) is 11.8 Å².